The van der Waals surface area contributed by atoms with E-state index >= 15 is 0 Å². The number of benzene rings is 1. The number of nitrogens with zero attached hydrogens (tertiary/aromatic N) is 3. The number of hydrogen-bond donors (Lipinski definition) is 1. The molecule has 1 aromatic carbocycles. The molecule has 7 heteroatoms. The molecule has 108 valence electrons. The monoisotopic (exact) mass is 458 g/mol. The van der Waals surface area contributed by atoms with Crippen LogP contribution in [0.2, 0.25) is 0 Å². The third-order valence-corrected chi connectivity index (χ3v) is 4.22. The second-order valence-corrected chi connectivity index (χ2v) is 6.31. The largest absolute Gasteiger partial charge is 0.497 e. The Bertz CT molecular complexity index is 772. The SMILES string of the molecule is COc1ccc(CNc2nc(Br)cn3c(I)cnc23)cc1. The van der Waals surface area contributed by atoms with Gasteiger partial charge in [-0.2, -0.15) is 0 Å². The number of halogens is 2. The van der Waals surface area contributed by atoms with E-state index < -0.39 is 0 Å². The maximum Gasteiger partial charge on any atom is 0.181 e. The summed E-state index contributed by atoms with van der Waals surface area (Å²) in [4.78, 5) is 8.85. The zero-order valence-corrected chi connectivity index (χ0v) is 14.9. The number of aromatic nitrogens is 3. The van der Waals surface area contributed by atoms with Crippen LogP contribution >= 0.6 is 38.5 Å². The normalized spacial score (nSPS) is 10.8. The predicted octanol–water partition coefficient (Wildman–Crippen LogP) is 3.72. The van der Waals surface area contributed by atoms with Crippen molar-refractivity contribution < 1.29 is 4.74 Å². The summed E-state index contributed by atoms with van der Waals surface area (Å²) in [6.45, 7) is 0.673. The minimum absolute atomic E-state index is 0.673. The number of rotatable bonds is 4. The van der Waals surface area contributed by atoms with Crippen LogP contribution in [0.25, 0.3) is 5.65 Å². The number of nitrogens with one attached hydrogen (secondary N) is 1. The van der Waals surface area contributed by atoms with Gasteiger partial charge >= 0.3 is 0 Å². The summed E-state index contributed by atoms with van der Waals surface area (Å²) in [7, 11) is 1.66. The molecule has 0 spiro atoms. The molecule has 0 saturated heterocycles. The number of imidazole rings is 1. The topological polar surface area (TPSA) is 51.5 Å². The van der Waals surface area contributed by atoms with Gasteiger partial charge in [0.05, 0.1) is 13.3 Å². The molecule has 2 heterocycles. The molecule has 0 atom stereocenters. The Kier molecular flexibility index (Phi) is 4.29. The molecule has 0 aliphatic rings. The van der Waals surface area contributed by atoms with Gasteiger partial charge in [0, 0.05) is 12.7 Å². The van der Waals surface area contributed by atoms with E-state index in [0.29, 0.717) is 6.54 Å². The van der Waals surface area contributed by atoms with Crippen LogP contribution in [0.5, 0.6) is 5.75 Å². The Hall–Kier alpha value is -1.35. The first-order valence-corrected chi connectivity index (χ1v) is 8.10. The van der Waals surface area contributed by atoms with E-state index in [4.69, 9.17) is 4.74 Å². The molecular weight excluding hydrogens is 447 g/mol. The summed E-state index contributed by atoms with van der Waals surface area (Å²) in [5.74, 6) is 1.60. The van der Waals surface area contributed by atoms with Gasteiger partial charge in [-0.15, -0.1) is 0 Å². The van der Waals surface area contributed by atoms with Gasteiger partial charge in [-0.1, -0.05) is 12.1 Å². The summed E-state index contributed by atoms with van der Waals surface area (Å²) in [5, 5.41) is 3.33. The highest BCUT2D eigenvalue weighted by Gasteiger charge is 2.09. The van der Waals surface area contributed by atoms with Crippen molar-refractivity contribution in [2.24, 2.45) is 0 Å². The van der Waals surface area contributed by atoms with Gasteiger partial charge in [0.15, 0.2) is 11.5 Å². The molecule has 0 saturated carbocycles. The molecule has 0 unspecified atom stereocenters. The first-order valence-electron chi connectivity index (χ1n) is 6.23. The fraction of sp³-hybridized carbons (Fsp3) is 0.143. The van der Waals surface area contributed by atoms with E-state index in [-0.39, 0.29) is 0 Å². The van der Waals surface area contributed by atoms with Crippen LogP contribution in [-0.2, 0) is 6.54 Å². The van der Waals surface area contributed by atoms with Gasteiger partial charge in [0.25, 0.3) is 0 Å². The van der Waals surface area contributed by atoms with Gasteiger partial charge in [-0.05, 0) is 56.2 Å². The van der Waals surface area contributed by atoms with Crippen LogP contribution in [0.3, 0.4) is 0 Å². The van der Waals surface area contributed by atoms with Crippen LogP contribution in [0.15, 0.2) is 41.3 Å². The van der Waals surface area contributed by atoms with Crippen molar-refractivity contribution in [3.05, 3.63) is 50.5 Å². The fourth-order valence-corrected chi connectivity index (χ4v) is 2.87. The molecule has 3 aromatic rings. The second-order valence-electron chi connectivity index (χ2n) is 4.39. The van der Waals surface area contributed by atoms with E-state index in [1.165, 1.54) is 0 Å². The quantitative estimate of drug-likeness (QED) is 0.605. The lowest BCUT2D eigenvalue weighted by Gasteiger charge is -2.08. The summed E-state index contributed by atoms with van der Waals surface area (Å²) in [6.07, 6.45) is 3.73. The van der Waals surface area contributed by atoms with Crippen LogP contribution in [0.4, 0.5) is 5.82 Å². The van der Waals surface area contributed by atoms with Crippen molar-refractivity contribution in [3.8, 4) is 5.75 Å². The van der Waals surface area contributed by atoms with Crippen LogP contribution in [0, 0.1) is 3.70 Å². The number of hydrogen-bond acceptors (Lipinski definition) is 4. The van der Waals surface area contributed by atoms with Crippen molar-refractivity contribution in [1.29, 1.82) is 0 Å². The minimum atomic E-state index is 0.673. The van der Waals surface area contributed by atoms with E-state index in [1.807, 2.05) is 41.1 Å². The molecule has 3 rings (SSSR count). The van der Waals surface area contributed by atoms with E-state index in [0.717, 1.165) is 31.1 Å². The molecule has 0 fully saturated rings. The van der Waals surface area contributed by atoms with Crippen LogP contribution in [0.1, 0.15) is 5.56 Å². The maximum absolute atomic E-state index is 5.15. The lowest BCUT2D eigenvalue weighted by atomic mass is 10.2. The van der Waals surface area contributed by atoms with E-state index in [9.17, 15) is 0 Å². The molecular formula is C14H12BrIN4O. The zero-order valence-electron chi connectivity index (χ0n) is 11.2. The lowest BCUT2D eigenvalue weighted by Crippen LogP contribution is -2.04. The standard InChI is InChI=1S/C14H12BrIN4O/c1-21-10-4-2-9(3-5-10)6-17-13-14-18-7-12(16)20(14)8-11(15)19-13/h2-5,7-8H,6H2,1H3,(H,17,19). The Morgan fingerprint density at radius 3 is 2.81 bits per heavy atom. The van der Waals surface area contributed by atoms with Crippen molar-refractivity contribution in [2.45, 2.75) is 6.54 Å². The molecule has 21 heavy (non-hydrogen) atoms. The second kappa shape index (κ2) is 6.18. The van der Waals surface area contributed by atoms with Gasteiger partial charge in [0.2, 0.25) is 0 Å². The zero-order chi connectivity index (χ0) is 14.8. The molecule has 0 radical (unpaired) electrons. The third kappa shape index (κ3) is 3.13. The van der Waals surface area contributed by atoms with E-state index in [2.05, 4.69) is 53.8 Å². The summed E-state index contributed by atoms with van der Waals surface area (Å²) in [5.41, 5.74) is 1.97. The Balaban J connectivity index is 1.84. The van der Waals surface area contributed by atoms with Gasteiger partial charge in [-0.25, -0.2) is 9.97 Å². The number of ether oxygens (including phenoxy) is 1. The van der Waals surface area contributed by atoms with Gasteiger partial charge in [-0.3, -0.25) is 4.40 Å². The summed E-state index contributed by atoms with van der Waals surface area (Å²) < 4.78 is 8.96. The van der Waals surface area contributed by atoms with Crippen molar-refractivity contribution in [3.63, 3.8) is 0 Å². The highest BCUT2D eigenvalue weighted by atomic mass is 127. The van der Waals surface area contributed by atoms with E-state index in [1.54, 1.807) is 7.11 Å². The molecule has 0 aliphatic heterocycles. The van der Waals surface area contributed by atoms with Crippen LogP contribution < -0.4 is 10.1 Å². The highest BCUT2D eigenvalue weighted by molar-refractivity contribution is 14.1. The van der Waals surface area contributed by atoms with Gasteiger partial charge < -0.3 is 10.1 Å². The van der Waals surface area contributed by atoms with Crippen molar-refractivity contribution in [2.75, 3.05) is 12.4 Å². The highest BCUT2D eigenvalue weighted by Crippen LogP contribution is 2.21. The molecule has 0 aliphatic carbocycles. The molecule has 5 nitrogen and oxygen atoms in total. The Morgan fingerprint density at radius 2 is 2.10 bits per heavy atom. The van der Waals surface area contributed by atoms with Gasteiger partial charge in [0.1, 0.15) is 14.1 Å². The maximum atomic E-state index is 5.15. The average molecular weight is 459 g/mol. The Labute approximate surface area is 144 Å². The molecule has 1 N–H and O–H groups in total. The summed E-state index contributed by atoms with van der Waals surface area (Å²) in [6, 6.07) is 7.94. The average Bonchev–Trinajstić information content (AvgIpc) is 2.87. The third-order valence-electron chi connectivity index (χ3n) is 3.04. The number of fused-ring (bicyclic) bond motifs is 1. The fourth-order valence-electron chi connectivity index (χ4n) is 1.98. The molecule has 0 amide bonds. The Morgan fingerprint density at radius 1 is 1.33 bits per heavy atom. The lowest BCUT2D eigenvalue weighted by molar-refractivity contribution is 0.414. The van der Waals surface area contributed by atoms with Crippen molar-refractivity contribution in [1.82, 2.24) is 14.4 Å². The number of anilines is 1. The summed E-state index contributed by atoms with van der Waals surface area (Å²) >= 11 is 5.67. The first-order chi connectivity index (χ1) is 10.2. The first kappa shape index (κ1) is 14.6. The van der Waals surface area contributed by atoms with Crippen LogP contribution in [-0.4, -0.2) is 21.5 Å². The predicted molar refractivity (Wildman–Crippen MR) is 93.7 cm³/mol. The minimum Gasteiger partial charge on any atom is -0.497 e. The number of methoxy groups -OCH3 is 1. The van der Waals surface area contributed by atoms with Crippen molar-refractivity contribution >= 4 is 50.0 Å². The smallest absolute Gasteiger partial charge is 0.181 e. The molecule has 2 aromatic heterocycles. The molecule has 0 bridgehead atoms.